The summed E-state index contributed by atoms with van der Waals surface area (Å²) in [5.74, 6) is 0.103. The maximum absolute atomic E-state index is 11.3. The van der Waals surface area contributed by atoms with Crippen LogP contribution >= 0.6 is 23.2 Å². The van der Waals surface area contributed by atoms with Gasteiger partial charge in [0.1, 0.15) is 5.78 Å². The lowest BCUT2D eigenvalue weighted by atomic mass is 9.93. The quantitative estimate of drug-likeness (QED) is 0.904. The SMILES string of the molecule is CC(=O)C(C)NC(C)(C)c1cc(Cl)cc(Cl)c1. The Labute approximate surface area is 112 Å². The molecule has 0 saturated heterocycles. The Morgan fingerprint density at radius 2 is 1.71 bits per heavy atom. The maximum Gasteiger partial charge on any atom is 0.146 e. The molecular formula is C13H17Cl2NO. The van der Waals surface area contributed by atoms with Crippen LogP contribution in [0.25, 0.3) is 0 Å². The van der Waals surface area contributed by atoms with Crippen LogP contribution in [0.1, 0.15) is 33.3 Å². The van der Waals surface area contributed by atoms with Gasteiger partial charge in [-0.25, -0.2) is 0 Å². The zero-order chi connectivity index (χ0) is 13.2. The zero-order valence-electron chi connectivity index (χ0n) is 10.5. The van der Waals surface area contributed by atoms with Gasteiger partial charge >= 0.3 is 0 Å². The first-order chi connectivity index (χ1) is 7.72. The van der Waals surface area contributed by atoms with E-state index < -0.39 is 0 Å². The first-order valence-electron chi connectivity index (χ1n) is 5.47. The Hall–Kier alpha value is -0.570. The molecule has 1 N–H and O–H groups in total. The summed E-state index contributed by atoms with van der Waals surface area (Å²) in [6.07, 6.45) is 0. The van der Waals surface area contributed by atoms with Gasteiger partial charge in [0.15, 0.2) is 0 Å². The van der Waals surface area contributed by atoms with Crippen LogP contribution in [0.4, 0.5) is 0 Å². The molecule has 17 heavy (non-hydrogen) atoms. The minimum atomic E-state index is -0.361. The summed E-state index contributed by atoms with van der Waals surface area (Å²) in [6, 6.07) is 5.19. The zero-order valence-corrected chi connectivity index (χ0v) is 12.0. The predicted molar refractivity (Wildman–Crippen MR) is 72.8 cm³/mol. The van der Waals surface area contributed by atoms with Gasteiger partial charge in [-0.1, -0.05) is 23.2 Å². The number of rotatable bonds is 4. The van der Waals surface area contributed by atoms with Gasteiger partial charge in [0.2, 0.25) is 0 Å². The number of hydrogen-bond acceptors (Lipinski definition) is 2. The lowest BCUT2D eigenvalue weighted by Gasteiger charge is -2.30. The molecule has 0 spiro atoms. The van der Waals surface area contributed by atoms with E-state index in [1.54, 1.807) is 13.0 Å². The smallest absolute Gasteiger partial charge is 0.146 e. The molecule has 0 aliphatic carbocycles. The van der Waals surface area contributed by atoms with Gasteiger partial charge in [-0.2, -0.15) is 0 Å². The van der Waals surface area contributed by atoms with Crippen molar-refractivity contribution in [3.8, 4) is 0 Å². The van der Waals surface area contributed by atoms with E-state index in [0.717, 1.165) is 5.56 Å². The van der Waals surface area contributed by atoms with Gasteiger partial charge in [0.25, 0.3) is 0 Å². The first kappa shape index (κ1) is 14.5. The van der Waals surface area contributed by atoms with Crippen molar-refractivity contribution in [3.63, 3.8) is 0 Å². The van der Waals surface area contributed by atoms with Crippen molar-refractivity contribution >= 4 is 29.0 Å². The number of ketones is 1. The number of Topliss-reactive ketones (excluding diaryl/α,β-unsaturated/α-hetero) is 1. The number of halogens is 2. The Bertz CT molecular complexity index is 409. The van der Waals surface area contributed by atoms with Crippen LogP contribution in [0.5, 0.6) is 0 Å². The molecule has 94 valence electrons. The molecule has 1 atom stereocenters. The molecular weight excluding hydrogens is 257 g/mol. The molecule has 1 rings (SSSR count). The lowest BCUT2D eigenvalue weighted by molar-refractivity contribution is -0.119. The van der Waals surface area contributed by atoms with Crippen molar-refractivity contribution in [1.82, 2.24) is 5.32 Å². The van der Waals surface area contributed by atoms with Crippen molar-refractivity contribution < 1.29 is 4.79 Å². The summed E-state index contributed by atoms with van der Waals surface area (Å²) >= 11 is 12.0. The number of carbonyl (C=O) groups excluding carboxylic acids is 1. The average Bonchev–Trinajstić information content (AvgIpc) is 2.15. The molecule has 4 heteroatoms. The molecule has 0 aromatic heterocycles. The molecule has 0 fully saturated rings. The van der Waals surface area contributed by atoms with Gasteiger partial charge < -0.3 is 0 Å². The third-order valence-corrected chi connectivity index (χ3v) is 3.21. The maximum atomic E-state index is 11.3. The van der Waals surface area contributed by atoms with Crippen LogP contribution in [0.3, 0.4) is 0 Å². The van der Waals surface area contributed by atoms with Gasteiger partial charge in [0.05, 0.1) is 6.04 Å². The van der Waals surface area contributed by atoms with Crippen LogP contribution in [0.15, 0.2) is 18.2 Å². The first-order valence-corrected chi connectivity index (χ1v) is 6.22. The Balaban J connectivity index is 2.99. The number of benzene rings is 1. The number of carbonyl (C=O) groups is 1. The van der Waals surface area contributed by atoms with Crippen LogP contribution in [0.2, 0.25) is 10.0 Å². The van der Waals surface area contributed by atoms with Crippen molar-refractivity contribution in [1.29, 1.82) is 0 Å². The summed E-state index contributed by atoms with van der Waals surface area (Å²) < 4.78 is 0. The normalized spacial score (nSPS) is 13.5. The van der Waals surface area contributed by atoms with Crippen LogP contribution in [0, 0.1) is 0 Å². The average molecular weight is 274 g/mol. The fourth-order valence-corrected chi connectivity index (χ4v) is 2.17. The monoisotopic (exact) mass is 273 g/mol. The summed E-state index contributed by atoms with van der Waals surface area (Å²) in [7, 11) is 0. The van der Waals surface area contributed by atoms with E-state index in [9.17, 15) is 4.79 Å². The Kier molecular flexibility index (Phi) is 4.59. The standard InChI is InChI=1S/C13H17Cl2NO/c1-8(9(2)17)16-13(3,4)10-5-11(14)7-12(15)6-10/h5-8,16H,1-4H3. The highest BCUT2D eigenvalue weighted by molar-refractivity contribution is 6.34. The molecule has 0 aliphatic rings. The molecule has 0 bridgehead atoms. The highest BCUT2D eigenvalue weighted by Crippen LogP contribution is 2.27. The highest BCUT2D eigenvalue weighted by atomic mass is 35.5. The van der Waals surface area contributed by atoms with E-state index in [0.29, 0.717) is 10.0 Å². The molecule has 0 saturated carbocycles. The third-order valence-electron chi connectivity index (χ3n) is 2.77. The largest absolute Gasteiger partial charge is 0.299 e. The molecule has 0 amide bonds. The second-order valence-electron chi connectivity index (χ2n) is 4.76. The van der Waals surface area contributed by atoms with Crippen LogP contribution in [-0.2, 0) is 10.3 Å². The van der Waals surface area contributed by atoms with Crippen molar-refractivity contribution in [3.05, 3.63) is 33.8 Å². The van der Waals surface area contributed by atoms with Crippen LogP contribution in [-0.4, -0.2) is 11.8 Å². The predicted octanol–water partition coefficient (Wildman–Crippen LogP) is 3.80. The van der Waals surface area contributed by atoms with E-state index in [-0.39, 0.29) is 17.4 Å². The molecule has 2 nitrogen and oxygen atoms in total. The summed E-state index contributed by atoms with van der Waals surface area (Å²) in [4.78, 5) is 11.3. The van der Waals surface area contributed by atoms with Crippen LogP contribution < -0.4 is 5.32 Å². The van der Waals surface area contributed by atoms with E-state index in [2.05, 4.69) is 5.32 Å². The van der Waals surface area contributed by atoms with Gasteiger partial charge in [-0.15, -0.1) is 0 Å². The van der Waals surface area contributed by atoms with E-state index in [1.165, 1.54) is 0 Å². The van der Waals surface area contributed by atoms with Gasteiger partial charge in [-0.3, -0.25) is 10.1 Å². The molecule has 1 aromatic carbocycles. The summed E-state index contributed by atoms with van der Waals surface area (Å²) in [6.45, 7) is 7.40. The highest BCUT2D eigenvalue weighted by Gasteiger charge is 2.24. The number of hydrogen-bond donors (Lipinski definition) is 1. The fraction of sp³-hybridized carbons (Fsp3) is 0.462. The molecule has 1 unspecified atom stereocenters. The minimum absolute atomic E-state index is 0.103. The van der Waals surface area contributed by atoms with Gasteiger partial charge in [0, 0.05) is 15.6 Å². The summed E-state index contributed by atoms with van der Waals surface area (Å²) in [5.41, 5.74) is 0.600. The third kappa shape index (κ3) is 3.98. The van der Waals surface area contributed by atoms with Crippen molar-refractivity contribution in [2.75, 3.05) is 0 Å². The lowest BCUT2D eigenvalue weighted by Crippen LogP contribution is -2.45. The topological polar surface area (TPSA) is 29.1 Å². The van der Waals surface area contributed by atoms with E-state index >= 15 is 0 Å². The van der Waals surface area contributed by atoms with Crippen molar-refractivity contribution in [2.45, 2.75) is 39.3 Å². The Morgan fingerprint density at radius 3 is 2.12 bits per heavy atom. The molecule has 1 aromatic rings. The number of nitrogens with one attached hydrogen (secondary N) is 1. The second kappa shape index (κ2) is 5.38. The minimum Gasteiger partial charge on any atom is -0.299 e. The van der Waals surface area contributed by atoms with Crippen molar-refractivity contribution in [2.24, 2.45) is 0 Å². The molecule has 0 heterocycles. The van der Waals surface area contributed by atoms with E-state index in [1.807, 2.05) is 32.9 Å². The molecule has 0 aliphatic heterocycles. The summed E-state index contributed by atoms with van der Waals surface area (Å²) in [5, 5.41) is 4.45. The van der Waals surface area contributed by atoms with Gasteiger partial charge in [-0.05, 0) is 51.5 Å². The fourth-order valence-electron chi connectivity index (χ4n) is 1.64. The second-order valence-corrected chi connectivity index (χ2v) is 5.63. The van der Waals surface area contributed by atoms with E-state index in [4.69, 9.17) is 23.2 Å². The molecule has 0 radical (unpaired) electrons. The Morgan fingerprint density at radius 1 is 1.24 bits per heavy atom.